The van der Waals surface area contributed by atoms with Crippen LogP contribution in [0.2, 0.25) is 0 Å². The van der Waals surface area contributed by atoms with Crippen molar-refractivity contribution in [1.82, 2.24) is 14.9 Å². The van der Waals surface area contributed by atoms with Crippen LogP contribution in [-0.4, -0.2) is 20.8 Å². The van der Waals surface area contributed by atoms with E-state index < -0.39 is 11.6 Å². The molecule has 2 heterocycles. The first-order valence-electron chi connectivity index (χ1n) is 8.16. The van der Waals surface area contributed by atoms with Gasteiger partial charge in [0.15, 0.2) is 5.52 Å². The highest BCUT2D eigenvalue weighted by Crippen LogP contribution is 2.20. The van der Waals surface area contributed by atoms with Crippen LogP contribution in [0.4, 0.5) is 5.69 Å². The molecule has 0 saturated carbocycles. The van der Waals surface area contributed by atoms with E-state index in [4.69, 9.17) is 4.52 Å². The molecule has 1 aromatic carbocycles. The van der Waals surface area contributed by atoms with E-state index in [0.29, 0.717) is 28.9 Å². The Bertz CT molecular complexity index is 1000. The van der Waals surface area contributed by atoms with Crippen molar-refractivity contribution in [3.63, 3.8) is 0 Å². The first-order valence-corrected chi connectivity index (χ1v) is 8.16. The van der Waals surface area contributed by atoms with Gasteiger partial charge in [0.25, 0.3) is 5.56 Å². The average molecular weight is 340 g/mol. The standard InChI is InChI=1S/C18H20N4O3/c1-5-14(17(23)19-13-9-7-6-8-10(13)2)22-18(24)16-15(11(3)20-22)12(4)25-21-16/h6-9,14H,5H2,1-4H3,(H,19,23). The van der Waals surface area contributed by atoms with E-state index in [1.54, 1.807) is 13.8 Å². The Morgan fingerprint density at radius 1 is 1.28 bits per heavy atom. The lowest BCUT2D eigenvalue weighted by molar-refractivity contribution is -0.119. The zero-order valence-corrected chi connectivity index (χ0v) is 14.7. The molecule has 1 N–H and O–H groups in total. The number of benzene rings is 1. The van der Waals surface area contributed by atoms with E-state index in [-0.39, 0.29) is 11.4 Å². The molecular weight excluding hydrogens is 320 g/mol. The molecule has 1 atom stereocenters. The van der Waals surface area contributed by atoms with Gasteiger partial charge < -0.3 is 9.84 Å². The number of rotatable bonds is 4. The molecule has 0 aliphatic rings. The van der Waals surface area contributed by atoms with Gasteiger partial charge in [0.2, 0.25) is 5.91 Å². The minimum Gasteiger partial charge on any atom is -0.360 e. The summed E-state index contributed by atoms with van der Waals surface area (Å²) in [6.07, 6.45) is 0.423. The third-order valence-corrected chi connectivity index (χ3v) is 4.28. The molecule has 0 saturated heterocycles. The summed E-state index contributed by atoms with van der Waals surface area (Å²) < 4.78 is 6.31. The first kappa shape index (κ1) is 16.9. The summed E-state index contributed by atoms with van der Waals surface area (Å²) in [7, 11) is 0. The molecule has 0 aliphatic heterocycles. The van der Waals surface area contributed by atoms with Gasteiger partial charge >= 0.3 is 0 Å². The van der Waals surface area contributed by atoms with Crippen LogP contribution in [0.1, 0.15) is 36.4 Å². The fraction of sp³-hybridized carbons (Fsp3) is 0.333. The lowest BCUT2D eigenvalue weighted by Gasteiger charge is -2.18. The molecule has 3 rings (SSSR count). The molecule has 3 aromatic rings. The molecular formula is C18H20N4O3. The van der Waals surface area contributed by atoms with Gasteiger partial charge in [-0.15, -0.1) is 0 Å². The van der Waals surface area contributed by atoms with Crippen molar-refractivity contribution in [2.75, 3.05) is 5.32 Å². The number of amides is 1. The number of aryl methyl sites for hydroxylation is 3. The zero-order valence-electron chi connectivity index (χ0n) is 14.7. The van der Waals surface area contributed by atoms with Gasteiger partial charge in [0.05, 0.1) is 11.1 Å². The van der Waals surface area contributed by atoms with Crippen LogP contribution >= 0.6 is 0 Å². The number of fused-ring (bicyclic) bond motifs is 1. The fourth-order valence-corrected chi connectivity index (χ4v) is 2.92. The number of hydrogen-bond acceptors (Lipinski definition) is 5. The summed E-state index contributed by atoms with van der Waals surface area (Å²) in [5, 5.41) is 11.7. The average Bonchev–Trinajstić information content (AvgIpc) is 2.97. The second-order valence-corrected chi connectivity index (χ2v) is 6.03. The largest absolute Gasteiger partial charge is 0.360 e. The Morgan fingerprint density at radius 2 is 2.00 bits per heavy atom. The molecule has 0 aliphatic carbocycles. The number of aromatic nitrogens is 3. The smallest absolute Gasteiger partial charge is 0.297 e. The lowest BCUT2D eigenvalue weighted by atomic mass is 10.1. The second kappa shape index (κ2) is 6.51. The van der Waals surface area contributed by atoms with Crippen LogP contribution < -0.4 is 10.9 Å². The van der Waals surface area contributed by atoms with Crippen molar-refractivity contribution in [2.24, 2.45) is 0 Å². The molecule has 1 unspecified atom stereocenters. The van der Waals surface area contributed by atoms with Crippen molar-refractivity contribution in [3.8, 4) is 0 Å². The number of para-hydroxylation sites is 1. The highest BCUT2D eigenvalue weighted by atomic mass is 16.5. The quantitative estimate of drug-likeness (QED) is 0.788. The SMILES string of the molecule is CCC(C(=O)Nc1ccccc1C)n1nc(C)c2c(C)onc2c1=O. The van der Waals surface area contributed by atoms with Gasteiger partial charge in [-0.1, -0.05) is 30.3 Å². The molecule has 130 valence electrons. The maximum atomic E-state index is 12.7. The molecule has 1 amide bonds. The van der Waals surface area contributed by atoms with Crippen LogP contribution in [0.5, 0.6) is 0 Å². The highest BCUT2D eigenvalue weighted by molar-refractivity contribution is 5.94. The molecule has 7 nitrogen and oxygen atoms in total. The maximum absolute atomic E-state index is 12.7. The van der Waals surface area contributed by atoms with Gasteiger partial charge in [0.1, 0.15) is 11.8 Å². The van der Waals surface area contributed by atoms with Crippen molar-refractivity contribution in [3.05, 3.63) is 51.6 Å². The van der Waals surface area contributed by atoms with E-state index in [1.165, 1.54) is 4.68 Å². The van der Waals surface area contributed by atoms with Crippen molar-refractivity contribution in [1.29, 1.82) is 0 Å². The fourth-order valence-electron chi connectivity index (χ4n) is 2.92. The van der Waals surface area contributed by atoms with Crippen LogP contribution in [0, 0.1) is 20.8 Å². The topological polar surface area (TPSA) is 90.0 Å². The minimum atomic E-state index is -0.729. The minimum absolute atomic E-state index is 0.201. The zero-order chi connectivity index (χ0) is 18.1. The monoisotopic (exact) mass is 340 g/mol. The summed E-state index contributed by atoms with van der Waals surface area (Å²) in [4.78, 5) is 25.5. The van der Waals surface area contributed by atoms with Gasteiger partial charge in [0, 0.05) is 5.69 Å². The summed E-state index contributed by atoms with van der Waals surface area (Å²) in [5.74, 6) is 0.257. The lowest BCUT2D eigenvalue weighted by Crippen LogP contribution is -2.35. The molecule has 0 spiro atoms. The van der Waals surface area contributed by atoms with E-state index in [0.717, 1.165) is 5.56 Å². The Hall–Kier alpha value is -2.96. The number of carbonyl (C=O) groups excluding carboxylic acids is 1. The number of nitrogens with one attached hydrogen (secondary N) is 1. The van der Waals surface area contributed by atoms with E-state index in [1.807, 2.05) is 38.1 Å². The first-order chi connectivity index (χ1) is 11.9. The molecule has 0 bridgehead atoms. The Morgan fingerprint density at radius 3 is 2.68 bits per heavy atom. The maximum Gasteiger partial charge on any atom is 0.297 e. The van der Waals surface area contributed by atoms with Crippen molar-refractivity contribution >= 4 is 22.5 Å². The Labute approximate surface area is 144 Å². The molecule has 0 fully saturated rings. The molecule has 2 aromatic heterocycles. The predicted octanol–water partition coefficient (Wildman–Crippen LogP) is 2.90. The van der Waals surface area contributed by atoms with E-state index in [2.05, 4.69) is 15.6 Å². The highest BCUT2D eigenvalue weighted by Gasteiger charge is 2.25. The number of anilines is 1. The van der Waals surface area contributed by atoms with Gasteiger partial charge in [-0.2, -0.15) is 5.10 Å². The molecule has 7 heteroatoms. The predicted molar refractivity (Wildman–Crippen MR) is 94.7 cm³/mol. The third-order valence-electron chi connectivity index (χ3n) is 4.28. The van der Waals surface area contributed by atoms with E-state index in [9.17, 15) is 9.59 Å². The molecule has 25 heavy (non-hydrogen) atoms. The Kier molecular flexibility index (Phi) is 4.39. The van der Waals surface area contributed by atoms with Crippen molar-refractivity contribution in [2.45, 2.75) is 40.2 Å². The van der Waals surface area contributed by atoms with Crippen molar-refractivity contribution < 1.29 is 9.32 Å². The number of nitrogens with zero attached hydrogens (tertiary/aromatic N) is 3. The van der Waals surface area contributed by atoms with Gasteiger partial charge in [-0.05, 0) is 38.8 Å². The summed E-state index contributed by atoms with van der Waals surface area (Å²) in [6, 6.07) is 6.76. The summed E-state index contributed by atoms with van der Waals surface area (Å²) in [6.45, 7) is 7.25. The van der Waals surface area contributed by atoms with Gasteiger partial charge in [-0.25, -0.2) is 4.68 Å². The third kappa shape index (κ3) is 2.93. The van der Waals surface area contributed by atoms with Gasteiger partial charge in [-0.3, -0.25) is 9.59 Å². The second-order valence-electron chi connectivity index (χ2n) is 6.03. The Balaban J connectivity index is 2.02. The van der Waals surface area contributed by atoms with Crippen LogP contribution in [-0.2, 0) is 4.79 Å². The van der Waals surface area contributed by atoms with Crippen LogP contribution in [0.25, 0.3) is 10.9 Å². The summed E-state index contributed by atoms with van der Waals surface area (Å²) >= 11 is 0. The number of carbonyl (C=O) groups is 1. The van der Waals surface area contributed by atoms with Crippen LogP contribution in [0.15, 0.2) is 33.6 Å². The van der Waals surface area contributed by atoms with Crippen LogP contribution in [0.3, 0.4) is 0 Å². The number of hydrogen-bond donors (Lipinski definition) is 1. The van der Waals surface area contributed by atoms with E-state index >= 15 is 0 Å². The molecule has 0 radical (unpaired) electrons. The normalized spacial score (nSPS) is 12.3. The summed E-state index contributed by atoms with van der Waals surface area (Å²) in [5.41, 5.74) is 2.05.